The molecule has 0 radical (unpaired) electrons. The largest absolute Gasteiger partial charge is 0.508 e. The minimum absolute atomic E-state index is 0.0110. The third-order valence-corrected chi connectivity index (χ3v) is 4.11. The maximum atomic E-state index is 13.8. The molecule has 0 unspecified atom stereocenters. The number of nitrogens with zero attached hydrogens (tertiary/aromatic N) is 3. The van der Waals surface area contributed by atoms with Crippen molar-refractivity contribution in [3.8, 4) is 23.6 Å². The van der Waals surface area contributed by atoms with Crippen molar-refractivity contribution in [1.29, 1.82) is 5.26 Å². The highest BCUT2D eigenvalue weighted by molar-refractivity contribution is 5.91. The van der Waals surface area contributed by atoms with E-state index >= 15 is 0 Å². The second-order valence-electron chi connectivity index (χ2n) is 6.08. The first-order valence-corrected chi connectivity index (χ1v) is 8.85. The van der Waals surface area contributed by atoms with Crippen LogP contribution in [0.25, 0.3) is 11.3 Å². The fraction of sp³-hybridized carbons (Fsp3) is 0.300. The number of aromatic hydroxyl groups is 1. The third kappa shape index (κ3) is 5.77. The Morgan fingerprint density at radius 3 is 2.75 bits per heavy atom. The van der Waals surface area contributed by atoms with Crippen LogP contribution in [-0.2, 0) is 6.42 Å². The van der Waals surface area contributed by atoms with Gasteiger partial charge in [0, 0.05) is 25.0 Å². The first kappa shape index (κ1) is 20.8. The summed E-state index contributed by atoms with van der Waals surface area (Å²) in [5.41, 5.74) is 0.846. The summed E-state index contributed by atoms with van der Waals surface area (Å²) in [7, 11) is 0. The number of imidazole rings is 1. The topological polar surface area (TPSA) is 116 Å². The lowest BCUT2D eigenvalue weighted by Crippen LogP contribution is -1.99. The number of Topliss-reactive ketones (excluding diaryl/α,β-unsaturated/α-hetero) is 1. The van der Waals surface area contributed by atoms with Gasteiger partial charge in [-0.1, -0.05) is 12.8 Å². The molecule has 2 heterocycles. The minimum Gasteiger partial charge on any atom is -0.508 e. The standard InChI is InChI=1S/C19H20FN3O3.CHN/c20-15-8-7-13(24)11-14(15)16-12-22-18(23-16)6-4-2-1-3-5-17(25)19-21-9-10-26-19;1-2/h7-12,24H,1-6H2,(H,22,23);1H. The molecule has 0 spiro atoms. The number of nitriles is 1. The van der Waals surface area contributed by atoms with Gasteiger partial charge in [0.25, 0.3) is 5.89 Å². The molecule has 0 saturated heterocycles. The predicted molar refractivity (Wildman–Crippen MR) is 99.9 cm³/mol. The van der Waals surface area contributed by atoms with Gasteiger partial charge in [0.15, 0.2) is 0 Å². The number of hydrogen-bond acceptors (Lipinski definition) is 6. The van der Waals surface area contributed by atoms with Gasteiger partial charge in [0.1, 0.15) is 23.7 Å². The quantitative estimate of drug-likeness (QED) is 0.416. The summed E-state index contributed by atoms with van der Waals surface area (Å²) in [6, 6.07) is 3.91. The molecule has 0 saturated carbocycles. The predicted octanol–water partition coefficient (Wildman–Crippen LogP) is 4.43. The molecule has 0 fully saturated rings. The summed E-state index contributed by atoms with van der Waals surface area (Å²) in [6.07, 6.45) is 9.22. The number of H-pyrrole nitrogens is 1. The fourth-order valence-corrected chi connectivity index (χ4v) is 2.75. The van der Waals surface area contributed by atoms with Crippen LogP contribution >= 0.6 is 0 Å². The number of carbonyl (C=O) groups excluding carboxylic acids is 1. The molecule has 7 nitrogen and oxygen atoms in total. The van der Waals surface area contributed by atoms with Crippen molar-refractivity contribution in [3.63, 3.8) is 0 Å². The number of aryl methyl sites for hydroxylation is 1. The monoisotopic (exact) mass is 384 g/mol. The molecular formula is C20H21FN4O3. The Bertz CT molecular complexity index is 903. The molecule has 8 heteroatoms. The zero-order chi connectivity index (χ0) is 20.4. The molecule has 0 amide bonds. The Morgan fingerprint density at radius 2 is 2.00 bits per heavy atom. The second kappa shape index (κ2) is 10.6. The highest BCUT2D eigenvalue weighted by Crippen LogP contribution is 2.25. The molecule has 1 aromatic carbocycles. The van der Waals surface area contributed by atoms with Crippen molar-refractivity contribution in [1.82, 2.24) is 15.0 Å². The van der Waals surface area contributed by atoms with E-state index in [-0.39, 0.29) is 17.4 Å². The van der Waals surface area contributed by atoms with Crippen LogP contribution < -0.4 is 0 Å². The van der Waals surface area contributed by atoms with E-state index in [1.165, 1.54) is 30.7 Å². The number of rotatable bonds is 9. The van der Waals surface area contributed by atoms with Crippen molar-refractivity contribution in [2.75, 3.05) is 0 Å². The molecule has 2 aromatic heterocycles. The van der Waals surface area contributed by atoms with Gasteiger partial charge in [-0.2, -0.15) is 0 Å². The molecule has 0 bridgehead atoms. The van der Waals surface area contributed by atoms with Crippen LogP contribution in [0.5, 0.6) is 5.75 Å². The van der Waals surface area contributed by atoms with Gasteiger partial charge >= 0.3 is 0 Å². The fourth-order valence-electron chi connectivity index (χ4n) is 2.75. The number of phenolic OH excluding ortho intramolecular Hbond substituents is 1. The molecule has 146 valence electrons. The lowest BCUT2D eigenvalue weighted by atomic mass is 10.1. The summed E-state index contributed by atoms with van der Waals surface area (Å²) in [5, 5.41) is 16.0. The Balaban J connectivity index is 0.00000136. The van der Waals surface area contributed by atoms with Crippen LogP contribution in [0.15, 0.2) is 41.3 Å². The van der Waals surface area contributed by atoms with Crippen molar-refractivity contribution < 1.29 is 18.7 Å². The maximum Gasteiger partial charge on any atom is 0.263 e. The first-order valence-electron chi connectivity index (χ1n) is 8.85. The van der Waals surface area contributed by atoms with Gasteiger partial charge in [-0.25, -0.2) is 19.6 Å². The van der Waals surface area contributed by atoms with E-state index in [4.69, 9.17) is 9.68 Å². The molecule has 0 aliphatic carbocycles. The second-order valence-corrected chi connectivity index (χ2v) is 6.08. The van der Waals surface area contributed by atoms with Crippen molar-refractivity contribution in [2.45, 2.75) is 38.5 Å². The van der Waals surface area contributed by atoms with Gasteiger partial charge in [0.05, 0.1) is 18.1 Å². The number of halogens is 1. The van der Waals surface area contributed by atoms with Gasteiger partial charge in [-0.05, 0) is 31.0 Å². The number of hydrogen-bond donors (Lipinski definition) is 2. The van der Waals surface area contributed by atoms with Gasteiger partial charge in [-0.15, -0.1) is 0 Å². The summed E-state index contributed by atoms with van der Waals surface area (Å²) in [4.78, 5) is 22.9. The SMILES string of the molecule is C#N.O=C(CCCCCCc1ncc(-c2cc(O)ccc2F)[nH]1)c1ncco1. The average molecular weight is 384 g/mol. The zero-order valence-corrected chi connectivity index (χ0v) is 15.3. The molecule has 2 N–H and O–H groups in total. The van der Waals surface area contributed by atoms with Crippen molar-refractivity contribution in [2.24, 2.45) is 0 Å². The Hall–Kier alpha value is -3.47. The van der Waals surface area contributed by atoms with Crippen molar-refractivity contribution in [3.05, 3.63) is 54.4 Å². The van der Waals surface area contributed by atoms with Crippen LogP contribution in [-0.4, -0.2) is 25.8 Å². The average Bonchev–Trinajstić information content (AvgIpc) is 3.40. The van der Waals surface area contributed by atoms with Gasteiger partial charge in [-0.3, -0.25) is 4.79 Å². The smallest absolute Gasteiger partial charge is 0.263 e. The molecule has 3 rings (SSSR count). The Kier molecular flexibility index (Phi) is 7.91. The number of ketones is 1. The highest BCUT2D eigenvalue weighted by Gasteiger charge is 2.11. The normalized spacial score (nSPS) is 10.2. The number of aromatic amines is 1. The number of nitrogens with one attached hydrogen (secondary N) is 1. The molecule has 0 atom stereocenters. The lowest BCUT2D eigenvalue weighted by molar-refractivity contribution is 0.0945. The van der Waals surface area contributed by atoms with Gasteiger partial charge < -0.3 is 14.5 Å². The number of phenols is 1. The van der Waals surface area contributed by atoms with Crippen LogP contribution in [0.3, 0.4) is 0 Å². The summed E-state index contributed by atoms with van der Waals surface area (Å²) >= 11 is 0. The number of benzene rings is 1. The van der Waals surface area contributed by atoms with Crippen LogP contribution in [0.2, 0.25) is 0 Å². The van der Waals surface area contributed by atoms with Gasteiger partial charge in [0.2, 0.25) is 5.78 Å². The van der Waals surface area contributed by atoms with Crippen LogP contribution in [0, 0.1) is 17.7 Å². The van der Waals surface area contributed by atoms with E-state index in [9.17, 15) is 14.3 Å². The van der Waals surface area contributed by atoms with E-state index < -0.39 is 5.82 Å². The van der Waals surface area contributed by atoms with E-state index in [0.29, 0.717) is 17.7 Å². The Morgan fingerprint density at radius 1 is 1.21 bits per heavy atom. The number of oxazole rings is 1. The van der Waals surface area contributed by atoms with Crippen LogP contribution in [0.1, 0.15) is 48.6 Å². The molecule has 3 aromatic rings. The molecule has 28 heavy (non-hydrogen) atoms. The molecule has 0 aliphatic heterocycles. The third-order valence-electron chi connectivity index (χ3n) is 4.11. The number of carbonyl (C=O) groups is 1. The first-order chi connectivity index (χ1) is 13.6. The molecular weight excluding hydrogens is 363 g/mol. The Labute approximate surface area is 161 Å². The van der Waals surface area contributed by atoms with E-state index in [2.05, 4.69) is 21.5 Å². The number of aromatic nitrogens is 3. The maximum absolute atomic E-state index is 13.8. The lowest BCUT2D eigenvalue weighted by Gasteiger charge is -2.01. The van der Waals surface area contributed by atoms with E-state index in [1.807, 2.05) is 0 Å². The van der Waals surface area contributed by atoms with Crippen molar-refractivity contribution >= 4 is 5.78 Å². The summed E-state index contributed by atoms with van der Waals surface area (Å²) in [6.45, 7) is 3.50. The minimum atomic E-state index is -0.409. The molecule has 0 aliphatic rings. The van der Waals surface area contributed by atoms with Crippen LogP contribution in [0.4, 0.5) is 4.39 Å². The summed E-state index contributed by atoms with van der Waals surface area (Å²) in [5.74, 6) is 0.482. The highest BCUT2D eigenvalue weighted by atomic mass is 19.1. The van der Waals surface area contributed by atoms with E-state index in [0.717, 1.165) is 37.9 Å². The zero-order valence-electron chi connectivity index (χ0n) is 15.3. The number of unbranched alkanes of at least 4 members (excludes halogenated alkanes) is 3. The van der Waals surface area contributed by atoms with E-state index in [1.54, 1.807) is 6.20 Å². The summed E-state index contributed by atoms with van der Waals surface area (Å²) < 4.78 is 18.8.